The van der Waals surface area contributed by atoms with Crippen molar-refractivity contribution in [2.24, 2.45) is 0 Å². The first-order chi connectivity index (χ1) is 11.2. The second kappa shape index (κ2) is 8.46. The van der Waals surface area contributed by atoms with Crippen LogP contribution in [0.4, 0.5) is 0 Å². The Hall–Kier alpha value is -0.190. The van der Waals surface area contributed by atoms with Gasteiger partial charge in [0.1, 0.15) is 5.75 Å². The van der Waals surface area contributed by atoms with Crippen LogP contribution in [0.1, 0.15) is 0 Å². The molecule has 2 aromatic carbocycles. The van der Waals surface area contributed by atoms with Crippen molar-refractivity contribution in [1.82, 2.24) is 0 Å². The van der Waals surface area contributed by atoms with Gasteiger partial charge in [0.2, 0.25) is 0 Å². The topological polar surface area (TPSA) is 89.9 Å². The standard InChI is InChI=1S/C14H9I3O6S/c15-8-5-11(16)14(12(17)6-8)23-13(18)7-22-9-1-3-10(4-2-9)24(19,20)21/h1-6H,7H2,(H,19,20,21). The minimum atomic E-state index is -4.25. The molecular formula is C14H9I3O6S. The van der Waals surface area contributed by atoms with Crippen molar-refractivity contribution in [1.29, 1.82) is 0 Å². The molecule has 6 nitrogen and oxygen atoms in total. The molecule has 0 heterocycles. The lowest BCUT2D eigenvalue weighted by atomic mass is 10.3. The largest absolute Gasteiger partial charge is 0.482 e. The van der Waals surface area contributed by atoms with E-state index in [0.717, 1.165) is 10.7 Å². The summed E-state index contributed by atoms with van der Waals surface area (Å²) in [7, 11) is -4.25. The monoisotopic (exact) mass is 686 g/mol. The normalized spacial score (nSPS) is 11.2. The molecule has 0 spiro atoms. The molecule has 0 aliphatic rings. The van der Waals surface area contributed by atoms with E-state index in [0.29, 0.717) is 5.75 Å². The highest BCUT2D eigenvalue weighted by Crippen LogP contribution is 2.29. The van der Waals surface area contributed by atoms with Gasteiger partial charge in [-0.05, 0) is 104 Å². The molecule has 2 rings (SSSR count). The Balaban J connectivity index is 1.99. The van der Waals surface area contributed by atoms with Crippen molar-refractivity contribution in [3.63, 3.8) is 0 Å². The van der Waals surface area contributed by atoms with E-state index >= 15 is 0 Å². The number of halogens is 3. The van der Waals surface area contributed by atoms with Crippen molar-refractivity contribution in [2.45, 2.75) is 4.90 Å². The lowest BCUT2D eigenvalue weighted by Crippen LogP contribution is -2.18. The Morgan fingerprint density at radius 1 is 1.04 bits per heavy atom. The molecule has 128 valence electrons. The molecule has 24 heavy (non-hydrogen) atoms. The SMILES string of the molecule is O=C(COc1ccc(S(=O)(=O)O)cc1)Oc1c(I)cc(I)cc1I. The van der Waals surface area contributed by atoms with E-state index < -0.39 is 16.1 Å². The summed E-state index contributed by atoms with van der Waals surface area (Å²) in [6, 6.07) is 8.83. The second-order valence-corrected chi connectivity index (χ2v) is 9.40. The molecule has 1 N–H and O–H groups in total. The Morgan fingerprint density at radius 2 is 1.58 bits per heavy atom. The maximum Gasteiger partial charge on any atom is 0.349 e. The van der Waals surface area contributed by atoms with E-state index in [1.165, 1.54) is 24.3 Å². The molecule has 0 atom stereocenters. The van der Waals surface area contributed by atoms with E-state index in [9.17, 15) is 13.2 Å². The van der Waals surface area contributed by atoms with Gasteiger partial charge >= 0.3 is 5.97 Å². The van der Waals surface area contributed by atoms with Crippen LogP contribution in [0.5, 0.6) is 11.5 Å². The lowest BCUT2D eigenvalue weighted by molar-refractivity contribution is -0.136. The van der Waals surface area contributed by atoms with Gasteiger partial charge in [-0.3, -0.25) is 4.55 Å². The molecule has 0 radical (unpaired) electrons. The number of esters is 1. The molecule has 0 bridgehead atoms. The summed E-state index contributed by atoms with van der Waals surface area (Å²) in [5.74, 6) is 0.184. The van der Waals surface area contributed by atoms with E-state index in [1.54, 1.807) is 0 Å². The summed E-state index contributed by atoms with van der Waals surface area (Å²) in [5.41, 5.74) is 0. The molecule has 0 aliphatic carbocycles. The molecule has 0 unspecified atom stereocenters. The highest BCUT2D eigenvalue weighted by atomic mass is 127. The van der Waals surface area contributed by atoms with Crippen LogP contribution in [0.3, 0.4) is 0 Å². The smallest absolute Gasteiger partial charge is 0.349 e. The molecule has 0 aromatic heterocycles. The van der Waals surface area contributed by atoms with Crippen molar-refractivity contribution in [2.75, 3.05) is 6.61 Å². The molecule has 0 amide bonds. The zero-order chi connectivity index (χ0) is 17.9. The average molecular weight is 686 g/mol. The average Bonchev–Trinajstić information content (AvgIpc) is 2.48. The zero-order valence-electron chi connectivity index (χ0n) is 11.7. The van der Waals surface area contributed by atoms with Crippen molar-refractivity contribution < 1.29 is 27.2 Å². The summed E-state index contributed by atoms with van der Waals surface area (Å²) in [6.07, 6.45) is 0. The first-order valence-electron chi connectivity index (χ1n) is 6.22. The quantitative estimate of drug-likeness (QED) is 0.224. The fourth-order valence-corrected chi connectivity index (χ4v) is 5.90. The molecule has 0 fully saturated rings. The van der Waals surface area contributed by atoms with Gasteiger partial charge in [0.15, 0.2) is 12.4 Å². The van der Waals surface area contributed by atoms with Crippen LogP contribution in [-0.4, -0.2) is 25.5 Å². The minimum absolute atomic E-state index is 0.250. The number of benzene rings is 2. The third-order valence-electron chi connectivity index (χ3n) is 2.66. The predicted molar refractivity (Wildman–Crippen MR) is 112 cm³/mol. The summed E-state index contributed by atoms with van der Waals surface area (Å²) in [5, 5.41) is 0. The summed E-state index contributed by atoms with van der Waals surface area (Å²) >= 11 is 6.35. The van der Waals surface area contributed by atoms with E-state index in [4.69, 9.17) is 14.0 Å². The van der Waals surface area contributed by atoms with E-state index in [2.05, 4.69) is 67.8 Å². The summed E-state index contributed by atoms with van der Waals surface area (Å²) in [6.45, 7) is -0.330. The molecular weight excluding hydrogens is 677 g/mol. The minimum Gasteiger partial charge on any atom is -0.482 e. The molecule has 2 aromatic rings. The molecule has 10 heteroatoms. The van der Waals surface area contributed by atoms with E-state index in [1.807, 2.05) is 12.1 Å². The number of carbonyl (C=O) groups excluding carboxylic acids is 1. The van der Waals surface area contributed by atoms with Crippen LogP contribution in [0, 0.1) is 10.7 Å². The first kappa shape index (κ1) is 20.1. The van der Waals surface area contributed by atoms with Crippen LogP contribution in [0.2, 0.25) is 0 Å². The Morgan fingerprint density at radius 3 is 2.08 bits per heavy atom. The highest BCUT2D eigenvalue weighted by Gasteiger charge is 2.14. The van der Waals surface area contributed by atoms with Crippen molar-refractivity contribution in [3.8, 4) is 11.5 Å². The number of hydrogen-bond acceptors (Lipinski definition) is 5. The fourth-order valence-electron chi connectivity index (χ4n) is 1.62. The Labute approximate surface area is 179 Å². The first-order valence-corrected chi connectivity index (χ1v) is 10.9. The molecule has 0 aliphatic heterocycles. The number of carbonyl (C=O) groups is 1. The van der Waals surface area contributed by atoms with Crippen LogP contribution >= 0.6 is 67.8 Å². The number of rotatable bonds is 5. The highest BCUT2D eigenvalue weighted by molar-refractivity contribution is 14.1. The second-order valence-electron chi connectivity index (χ2n) is 4.41. The maximum atomic E-state index is 11.9. The van der Waals surface area contributed by atoms with Gasteiger partial charge in [-0.1, -0.05) is 0 Å². The van der Waals surface area contributed by atoms with Crippen LogP contribution < -0.4 is 9.47 Å². The van der Waals surface area contributed by atoms with E-state index in [-0.39, 0.29) is 17.3 Å². The zero-order valence-corrected chi connectivity index (χ0v) is 19.0. The number of ether oxygens (including phenoxy) is 2. The van der Waals surface area contributed by atoms with Crippen LogP contribution in [-0.2, 0) is 14.9 Å². The molecule has 0 saturated carbocycles. The number of hydrogen-bond donors (Lipinski definition) is 1. The van der Waals surface area contributed by atoms with Gasteiger partial charge in [-0.15, -0.1) is 0 Å². The van der Waals surface area contributed by atoms with Crippen LogP contribution in [0.25, 0.3) is 0 Å². The third kappa shape index (κ3) is 5.67. The maximum absolute atomic E-state index is 11.9. The van der Waals surface area contributed by atoms with Gasteiger partial charge < -0.3 is 9.47 Å². The fraction of sp³-hybridized carbons (Fsp3) is 0.0714. The van der Waals surface area contributed by atoms with Crippen LogP contribution in [0.15, 0.2) is 41.3 Å². The summed E-state index contributed by atoms with van der Waals surface area (Å²) < 4.78 is 44.0. The van der Waals surface area contributed by atoms with Crippen molar-refractivity contribution >= 4 is 83.9 Å². The van der Waals surface area contributed by atoms with Gasteiger partial charge in [0.05, 0.1) is 12.0 Å². The molecule has 0 saturated heterocycles. The third-order valence-corrected chi connectivity index (χ3v) is 5.75. The van der Waals surface area contributed by atoms with Crippen molar-refractivity contribution in [3.05, 3.63) is 47.1 Å². The van der Waals surface area contributed by atoms with Gasteiger partial charge in [-0.25, -0.2) is 4.79 Å². The van der Waals surface area contributed by atoms with Gasteiger partial charge in [0, 0.05) is 3.57 Å². The Kier molecular flexibility index (Phi) is 7.10. The Bertz CT molecular complexity index is 842. The summed E-state index contributed by atoms with van der Waals surface area (Å²) in [4.78, 5) is 11.7. The lowest BCUT2D eigenvalue weighted by Gasteiger charge is -2.10. The van der Waals surface area contributed by atoms with Gasteiger partial charge in [0.25, 0.3) is 10.1 Å². The predicted octanol–water partition coefficient (Wildman–Crippen LogP) is 3.73. The van der Waals surface area contributed by atoms with Gasteiger partial charge in [-0.2, -0.15) is 8.42 Å².